The Kier molecular flexibility index (Phi) is 5.03. The van der Waals surface area contributed by atoms with Gasteiger partial charge in [0, 0.05) is 10.9 Å². The van der Waals surface area contributed by atoms with Crippen LogP contribution in [0.4, 0.5) is 0 Å². The zero-order chi connectivity index (χ0) is 25.8. The molecule has 0 saturated heterocycles. The molecule has 0 saturated carbocycles. The van der Waals surface area contributed by atoms with Gasteiger partial charge in [0.05, 0.1) is 0 Å². The van der Waals surface area contributed by atoms with Crippen LogP contribution in [0.5, 0.6) is 0 Å². The highest BCUT2D eigenvalue weighted by Crippen LogP contribution is 2.47. The molecule has 0 N–H and O–H groups in total. The Morgan fingerprint density at radius 1 is 0.487 bits per heavy atom. The van der Waals surface area contributed by atoms with E-state index >= 15 is 0 Å². The number of hydrogen-bond donors (Lipinski definition) is 0. The van der Waals surface area contributed by atoms with Gasteiger partial charge in [-0.25, -0.2) is 0 Å². The van der Waals surface area contributed by atoms with Gasteiger partial charge in [-0.2, -0.15) is 0 Å². The van der Waals surface area contributed by atoms with E-state index in [2.05, 4.69) is 133 Å². The summed E-state index contributed by atoms with van der Waals surface area (Å²) in [4.78, 5) is 0. The van der Waals surface area contributed by atoms with E-state index in [1.165, 1.54) is 65.9 Å². The Hall–Kier alpha value is -4.88. The van der Waals surface area contributed by atoms with Crippen LogP contribution in [0.1, 0.15) is 17.7 Å². The Bertz CT molecular complexity index is 1980. The van der Waals surface area contributed by atoms with E-state index in [1.807, 2.05) is 0 Å². The van der Waals surface area contributed by atoms with Crippen LogP contribution in [0, 0.1) is 0 Å². The molecule has 8 rings (SSSR count). The highest BCUT2D eigenvalue weighted by atomic mass is 16.3. The smallest absolute Gasteiger partial charge is 0.135 e. The quantitative estimate of drug-likeness (QED) is 0.221. The van der Waals surface area contributed by atoms with Gasteiger partial charge in [-0.1, -0.05) is 121 Å². The molecule has 7 aromatic rings. The minimum atomic E-state index is 0.970. The molecule has 1 aliphatic rings. The molecule has 0 radical (unpaired) electrons. The highest BCUT2D eigenvalue weighted by Gasteiger charge is 2.22. The van der Waals surface area contributed by atoms with Gasteiger partial charge in [-0.15, -0.1) is 0 Å². The Labute approximate surface area is 227 Å². The van der Waals surface area contributed by atoms with Crippen LogP contribution >= 0.6 is 0 Å². The number of aryl methyl sites for hydroxylation is 1. The van der Waals surface area contributed by atoms with Crippen molar-refractivity contribution in [1.82, 2.24) is 0 Å². The molecular weight excluding hydrogens is 472 g/mol. The molecule has 0 amide bonds. The van der Waals surface area contributed by atoms with Crippen molar-refractivity contribution in [2.75, 3.05) is 0 Å². The number of hydrogen-bond acceptors (Lipinski definition) is 1. The van der Waals surface area contributed by atoms with Crippen LogP contribution < -0.4 is 0 Å². The van der Waals surface area contributed by atoms with Gasteiger partial charge >= 0.3 is 0 Å². The van der Waals surface area contributed by atoms with Crippen molar-refractivity contribution >= 4 is 38.6 Å². The lowest BCUT2D eigenvalue weighted by atomic mass is 9.84. The van der Waals surface area contributed by atoms with Crippen LogP contribution in [0.25, 0.3) is 72.0 Å². The molecule has 1 heterocycles. The van der Waals surface area contributed by atoms with E-state index < -0.39 is 0 Å². The molecule has 0 bridgehead atoms. The number of fused-ring (bicyclic) bond motifs is 5. The highest BCUT2D eigenvalue weighted by molar-refractivity contribution is 6.23. The zero-order valence-electron chi connectivity index (χ0n) is 21.5. The number of allylic oxidation sites excluding steroid dienone is 1. The minimum absolute atomic E-state index is 0.970. The fourth-order valence-electron chi connectivity index (χ4n) is 6.43. The van der Waals surface area contributed by atoms with Crippen molar-refractivity contribution in [2.24, 2.45) is 0 Å². The van der Waals surface area contributed by atoms with E-state index in [1.54, 1.807) is 0 Å². The summed E-state index contributed by atoms with van der Waals surface area (Å²) in [5.41, 5.74) is 9.83. The second-order valence-electron chi connectivity index (χ2n) is 10.3. The molecule has 6 aromatic carbocycles. The largest absolute Gasteiger partial charge is 0.456 e. The first kappa shape index (κ1) is 22.1. The fourth-order valence-corrected chi connectivity index (χ4v) is 6.43. The third-order valence-corrected chi connectivity index (χ3v) is 8.16. The third kappa shape index (κ3) is 3.47. The molecule has 0 aliphatic heterocycles. The van der Waals surface area contributed by atoms with Crippen LogP contribution in [0.15, 0.2) is 132 Å². The van der Waals surface area contributed by atoms with E-state index in [-0.39, 0.29) is 0 Å². The maximum absolute atomic E-state index is 6.33. The van der Waals surface area contributed by atoms with E-state index in [0.29, 0.717) is 0 Å². The second-order valence-corrected chi connectivity index (χ2v) is 10.3. The van der Waals surface area contributed by atoms with Crippen molar-refractivity contribution in [3.63, 3.8) is 0 Å². The van der Waals surface area contributed by atoms with Gasteiger partial charge < -0.3 is 4.42 Å². The SMILES string of the molecule is C1=Cc2oc3cccc(-c4c5ccccc5c(-c5ccc(-c6ccccc6)cc5)c5ccccc45)c3c2CC1. The standard InChI is InChI=1S/C38H26O/c1-2-11-25(12-3-1)26-21-23-27(24-22-26)36-28-13-4-6-15-30(28)37(31-16-7-5-14-29(31)36)33-18-10-20-35-38(33)32-17-8-9-19-34(32)39-35/h1-7,9-16,18-24H,8,17H2. The number of rotatable bonds is 3. The lowest BCUT2D eigenvalue weighted by Gasteiger charge is -2.18. The monoisotopic (exact) mass is 498 g/mol. The van der Waals surface area contributed by atoms with Gasteiger partial charge in [-0.05, 0) is 79.9 Å². The van der Waals surface area contributed by atoms with E-state index in [0.717, 1.165) is 24.2 Å². The maximum Gasteiger partial charge on any atom is 0.135 e. The number of benzene rings is 6. The molecule has 0 atom stereocenters. The summed E-state index contributed by atoms with van der Waals surface area (Å²) in [5.74, 6) is 1.01. The second kappa shape index (κ2) is 8.85. The van der Waals surface area contributed by atoms with Crippen LogP contribution in [-0.2, 0) is 6.42 Å². The van der Waals surface area contributed by atoms with Crippen molar-refractivity contribution in [1.29, 1.82) is 0 Å². The molecule has 0 fully saturated rings. The average Bonchev–Trinajstić information content (AvgIpc) is 3.40. The normalized spacial score (nSPS) is 12.8. The van der Waals surface area contributed by atoms with Crippen molar-refractivity contribution < 1.29 is 4.42 Å². The van der Waals surface area contributed by atoms with Gasteiger partial charge in [0.2, 0.25) is 0 Å². The lowest BCUT2D eigenvalue weighted by molar-refractivity contribution is 0.595. The van der Waals surface area contributed by atoms with Crippen LogP contribution in [0.3, 0.4) is 0 Å². The summed E-state index contributed by atoms with van der Waals surface area (Å²) in [5, 5.41) is 6.34. The van der Waals surface area contributed by atoms with Gasteiger partial charge in [0.25, 0.3) is 0 Å². The van der Waals surface area contributed by atoms with Gasteiger partial charge in [0.1, 0.15) is 11.3 Å². The topological polar surface area (TPSA) is 13.1 Å². The summed E-state index contributed by atoms with van der Waals surface area (Å²) in [6.45, 7) is 0. The van der Waals surface area contributed by atoms with E-state index in [9.17, 15) is 0 Å². The number of furan rings is 1. The van der Waals surface area contributed by atoms with Crippen molar-refractivity contribution in [3.05, 3.63) is 139 Å². The summed E-state index contributed by atoms with van der Waals surface area (Å²) in [6, 6.07) is 43.9. The van der Waals surface area contributed by atoms with Crippen molar-refractivity contribution in [3.8, 4) is 33.4 Å². The third-order valence-electron chi connectivity index (χ3n) is 8.16. The first-order chi connectivity index (χ1) is 19.4. The molecule has 0 spiro atoms. The van der Waals surface area contributed by atoms with Gasteiger partial charge in [-0.3, -0.25) is 0 Å². The minimum Gasteiger partial charge on any atom is -0.456 e. The first-order valence-corrected chi connectivity index (χ1v) is 13.7. The zero-order valence-corrected chi connectivity index (χ0v) is 21.5. The molecule has 1 aromatic heterocycles. The van der Waals surface area contributed by atoms with Crippen LogP contribution in [-0.4, -0.2) is 0 Å². The summed E-state index contributed by atoms with van der Waals surface area (Å²) >= 11 is 0. The van der Waals surface area contributed by atoms with Crippen molar-refractivity contribution in [2.45, 2.75) is 12.8 Å². The molecule has 1 nitrogen and oxygen atoms in total. The fraction of sp³-hybridized carbons (Fsp3) is 0.0526. The Morgan fingerprint density at radius 3 is 1.77 bits per heavy atom. The summed E-state index contributed by atoms with van der Waals surface area (Å²) in [6.07, 6.45) is 6.42. The summed E-state index contributed by atoms with van der Waals surface area (Å²) in [7, 11) is 0. The summed E-state index contributed by atoms with van der Waals surface area (Å²) < 4.78 is 6.33. The first-order valence-electron chi connectivity index (χ1n) is 13.7. The molecular formula is C38H26O. The molecule has 39 heavy (non-hydrogen) atoms. The Balaban J connectivity index is 1.43. The molecule has 1 heteroatoms. The van der Waals surface area contributed by atoms with Gasteiger partial charge in [0.15, 0.2) is 0 Å². The molecule has 1 aliphatic carbocycles. The predicted octanol–water partition coefficient (Wildman–Crippen LogP) is 10.7. The molecule has 184 valence electrons. The maximum atomic E-state index is 6.33. The van der Waals surface area contributed by atoms with Crippen LogP contribution in [0.2, 0.25) is 0 Å². The lowest BCUT2D eigenvalue weighted by Crippen LogP contribution is -1.93. The van der Waals surface area contributed by atoms with E-state index in [4.69, 9.17) is 4.42 Å². The molecule has 0 unspecified atom stereocenters. The Morgan fingerprint density at radius 2 is 1.08 bits per heavy atom. The average molecular weight is 499 g/mol. The predicted molar refractivity (Wildman–Crippen MR) is 165 cm³/mol.